The highest BCUT2D eigenvalue weighted by Gasteiger charge is 2.23. The van der Waals surface area contributed by atoms with Crippen LogP contribution in [-0.2, 0) is 0 Å². The SMILES string of the molecule is CCNC(=NCC(CCO)CC(C)C)NCC(c1ccccc1)N1CCCC1.I. The number of nitrogens with zero attached hydrogens (tertiary/aromatic N) is 2. The van der Waals surface area contributed by atoms with Crippen LogP contribution in [0.3, 0.4) is 0 Å². The van der Waals surface area contributed by atoms with E-state index in [0.29, 0.717) is 17.9 Å². The van der Waals surface area contributed by atoms with Crippen LogP contribution >= 0.6 is 24.0 Å². The van der Waals surface area contributed by atoms with Crippen molar-refractivity contribution in [3.05, 3.63) is 35.9 Å². The summed E-state index contributed by atoms with van der Waals surface area (Å²) in [5, 5.41) is 16.3. The predicted molar refractivity (Wildman–Crippen MR) is 134 cm³/mol. The Hall–Kier alpha value is -0.860. The molecule has 1 saturated heterocycles. The smallest absolute Gasteiger partial charge is 0.191 e. The first-order chi connectivity index (χ1) is 13.6. The highest BCUT2D eigenvalue weighted by atomic mass is 127. The average Bonchev–Trinajstić information content (AvgIpc) is 3.21. The minimum Gasteiger partial charge on any atom is -0.396 e. The van der Waals surface area contributed by atoms with E-state index < -0.39 is 0 Å². The van der Waals surface area contributed by atoms with E-state index in [0.717, 1.165) is 38.4 Å². The van der Waals surface area contributed by atoms with Crippen LogP contribution in [0.4, 0.5) is 0 Å². The number of benzene rings is 1. The number of rotatable bonds is 11. The first-order valence-electron chi connectivity index (χ1n) is 11.1. The molecule has 1 aromatic carbocycles. The number of aliphatic hydroxyl groups excluding tert-OH is 1. The van der Waals surface area contributed by atoms with Crippen molar-refractivity contribution in [2.75, 3.05) is 39.3 Å². The van der Waals surface area contributed by atoms with Crippen molar-refractivity contribution in [2.45, 2.75) is 52.5 Å². The van der Waals surface area contributed by atoms with Crippen molar-refractivity contribution in [3.8, 4) is 0 Å². The van der Waals surface area contributed by atoms with Crippen LogP contribution in [-0.4, -0.2) is 55.3 Å². The Bertz CT molecular complexity index is 561. The summed E-state index contributed by atoms with van der Waals surface area (Å²) in [6.45, 7) is 11.6. The lowest BCUT2D eigenvalue weighted by Crippen LogP contribution is -2.43. The lowest BCUT2D eigenvalue weighted by atomic mass is 9.94. The van der Waals surface area contributed by atoms with Gasteiger partial charge in [0, 0.05) is 26.2 Å². The largest absolute Gasteiger partial charge is 0.396 e. The molecule has 0 aromatic heterocycles. The second-order valence-corrected chi connectivity index (χ2v) is 8.28. The van der Waals surface area contributed by atoms with Crippen LogP contribution in [0.2, 0.25) is 0 Å². The summed E-state index contributed by atoms with van der Waals surface area (Å²) in [6.07, 6.45) is 4.50. The Morgan fingerprint density at radius 1 is 1.14 bits per heavy atom. The van der Waals surface area contributed by atoms with Gasteiger partial charge in [0.2, 0.25) is 0 Å². The van der Waals surface area contributed by atoms with Crippen LogP contribution in [0.1, 0.15) is 58.1 Å². The second kappa shape index (κ2) is 15.0. The van der Waals surface area contributed by atoms with Gasteiger partial charge >= 0.3 is 0 Å². The molecule has 0 saturated carbocycles. The molecule has 2 atom stereocenters. The summed E-state index contributed by atoms with van der Waals surface area (Å²) in [5.41, 5.74) is 1.37. The minimum absolute atomic E-state index is 0. The zero-order valence-corrected chi connectivity index (χ0v) is 20.8. The van der Waals surface area contributed by atoms with Crippen molar-refractivity contribution >= 4 is 29.9 Å². The number of hydrogen-bond donors (Lipinski definition) is 3. The third-order valence-corrected chi connectivity index (χ3v) is 5.42. The van der Waals surface area contributed by atoms with Crippen molar-refractivity contribution in [3.63, 3.8) is 0 Å². The average molecular weight is 517 g/mol. The molecule has 1 aromatic rings. The molecule has 0 bridgehead atoms. The number of aliphatic imine (C=N–C) groups is 1. The first kappa shape index (κ1) is 26.2. The lowest BCUT2D eigenvalue weighted by Gasteiger charge is -2.29. The molecular formula is C23H41IN4O. The maximum absolute atomic E-state index is 9.36. The number of hydrogen-bond acceptors (Lipinski definition) is 3. The minimum atomic E-state index is 0. The van der Waals surface area contributed by atoms with Gasteiger partial charge in [-0.25, -0.2) is 0 Å². The summed E-state index contributed by atoms with van der Waals surface area (Å²) in [4.78, 5) is 7.43. The Morgan fingerprint density at radius 2 is 1.83 bits per heavy atom. The van der Waals surface area contributed by atoms with Crippen LogP contribution in [0.5, 0.6) is 0 Å². The monoisotopic (exact) mass is 516 g/mol. The maximum atomic E-state index is 9.36. The molecular weight excluding hydrogens is 475 g/mol. The summed E-state index contributed by atoms with van der Waals surface area (Å²) < 4.78 is 0. The second-order valence-electron chi connectivity index (χ2n) is 8.28. The van der Waals surface area contributed by atoms with E-state index in [9.17, 15) is 5.11 Å². The van der Waals surface area contributed by atoms with Gasteiger partial charge in [-0.3, -0.25) is 9.89 Å². The molecule has 5 nitrogen and oxygen atoms in total. The van der Waals surface area contributed by atoms with Gasteiger partial charge in [-0.15, -0.1) is 24.0 Å². The summed E-state index contributed by atoms with van der Waals surface area (Å²) in [5.74, 6) is 1.94. The number of nitrogens with one attached hydrogen (secondary N) is 2. The Morgan fingerprint density at radius 3 is 2.41 bits per heavy atom. The topological polar surface area (TPSA) is 59.9 Å². The molecule has 2 rings (SSSR count). The third-order valence-electron chi connectivity index (χ3n) is 5.42. The van der Waals surface area contributed by atoms with Gasteiger partial charge in [0.05, 0.1) is 6.04 Å². The Kier molecular flexibility index (Phi) is 13.6. The van der Waals surface area contributed by atoms with Crippen LogP contribution in [0, 0.1) is 11.8 Å². The van der Waals surface area contributed by atoms with Gasteiger partial charge in [0.1, 0.15) is 0 Å². The number of guanidine groups is 1. The van der Waals surface area contributed by atoms with Crippen molar-refractivity contribution in [2.24, 2.45) is 16.8 Å². The van der Waals surface area contributed by atoms with Gasteiger partial charge in [-0.05, 0) is 63.1 Å². The highest BCUT2D eigenvalue weighted by Crippen LogP contribution is 2.24. The maximum Gasteiger partial charge on any atom is 0.191 e. The Labute approximate surface area is 194 Å². The van der Waals surface area contributed by atoms with Gasteiger partial charge in [-0.2, -0.15) is 0 Å². The molecule has 166 valence electrons. The van der Waals surface area contributed by atoms with Crippen LogP contribution in [0.15, 0.2) is 35.3 Å². The van der Waals surface area contributed by atoms with Crippen LogP contribution in [0.25, 0.3) is 0 Å². The van der Waals surface area contributed by atoms with E-state index in [1.165, 1.54) is 31.5 Å². The Balaban J connectivity index is 0.00000420. The molecule has 1 heterocycles. The molecule has 29 heavy (non-hydrogen) atoms. The number of aliphatic hydroxyl groups is 1. The van der Waals surface area contributed by atoms with Crippen molar-refractivity contribution in [1.29, 1.82) is 0 Å². The standard InChI is InChI=1S/C23H40N4O.HI/c1-4-24-23(25-17-20(12-15-28)16-19(2)3)26-18-22(27-13-8-9-14-27)21-10-6-5-7-11-21;/h5-7,10-11,19-20,22,28H,4,8-9,12-18H2,1-3H3,(H2,24,25,26);1H. The number of likely N-dealkylation sites (tertiary alicyclic amines) is 1. The van der Waals surface area contributed by atoms with Gasteiger partial charge in [-0.1, -0.05) is 44.2 Å². The van der Waals surface area contributed by atoms with Gasteiger partial charge in [0.25, 0.3) is 0 Å². The molecule has 3 N–H and O–H groups in total. The quantitative estimate of drug-likeness (QED) is 0.236. The zero-order chi connectivity index (χ0) is 20.2. The van der Waals surface area contributed by atoms with E-state index in [1.54, 1.807) is 0 Å². The van der Waals surface area contributed by atoms with Gasteiger partial charge in [0.15, 0.2) is 5.96 Å². The molecule has 1 fully saturated rings. The summed E-state index contributed by atoms with van der Waals surface area (Å²) >= 11 is 0. The van der Waals surface area contributed by atoms with Gasteiger partial charge < -0.3 is 15.7 Å². The fourth-order valence-electron chi connectivity index (χ4n) is 4.07. The molecule has 1 aliphatic rings. The highest BCUT2D eigenvalue weighted by molar-refractivity contribution is 14.0. The molecule has 0 aliphatic carbocycles. The fraction of sp³-hybridized carbons (Fsp3) is 0.696. The van der Waals surface area contributed by atoms with Crippen molar-refractivity contribution < 1.29 is 5.11 Å². The zero-order valence-electron chi connectivity index (χ0n) is 18.4. The fourth-order valence-corrected chi connectivity index (χ4v) is 4.07. The first-order valence-corrected chi connectivity index (χ1v) is 11.1. The van der Waals surface area contributed by atoms with E-state index >= 15 is 0 Å². The molecule has 0 radical (unpaired) electrons. The molecule has 0 amide bonds. The molecule has 6 heteroatoms. The molecule has 2 unspecified atom stereocenters. The predicted octanol–water partition coefficient (Wildman–Crippen LogP) is 4.04. The van der Waals surface area contributed by atoms with E-state index in [1.807, 2.05) is 0 Å². The van der Waals surface area contributed by atoms with E-state index in [-0.39, 0.29) is 30.6 Å². The van der Waals surface area contributed by atoms with Crippen molar-refractivity contribution in [1.82, 2.24) is 15.5 Å². The third kappa shape index (κ3) is 9.66. The van der Waals surface area contributed by atoms with E-state index in [4.69, 9.17) is 4.99 Å². The lowest BCUT2D eigenvalue weighted by molar-refractivity contribution is 0.243. The van der Waals surface area contributed by atoms with E-state index in [2.05, 4.69) is 66.6 Å². The normalized spacial score (nSPS) is 17.1. The molecule has 0 spiro atoms. The van der Waals surface area contributed by atoms with Crippen LogP contribution < -0.4 is 10.6 Å². The summed E-state index contributed by atoms with van der Waals surface area (Å²) in [6, 6.07) is 11.2. The number of halogens is 1. The summed E-state index contributed by atoms with van der Waals surface area (Å²) in [7, 11) is 0. The molecule has 1 aliphatic heterocycles.